The van der Waals surface area contributed by atoms with Crippen LogP contribution in [-0.2, 0) is 0 Å². The highest BCUT2D eigenvalue weighted by atomic mass is 16.5. The van der Waals surface area contributed by atoms with E-state index in [0.717, 1.165) is 70.8 Å². The number of anilines is 1. The monoisotopic (exact) mass is 536 g/mol. The van der Waals surface area contributed by atoms with E-state index in [1.54, 1.807) is 26.7 Å². The molecule has 0 amide bonds. The summed E-state index contributed by atoms with van der Waals surface area (Å²) in [5.41, 5.74) is 4.05. The van der Waals surface area contributed by atoms with Gasteiger partial charge in [-0.3, -0.25) is 4.79 Å². The predicted octanol–water partition coefficient (Wildman–Crippen LogP) is 7.15. The molecule has 6 rings (SSSR count). The second-order valence-corrected chi connectivity index (χ2v) is 10.2. The Balaban J connectivity index is 1.30. The number of H-pyrrole nitrogens is 1. The number of nitrogens with zero attached hydrogens (tertiary/aromatic N) is 2. The Morgan fingerprint density at radius 3 is 2.23 bits per heavy atom. The van der Waals surface area contributed by atoms with Gasteiger partial charge in [0.25, 0.3) is 0 Å². The predicted molar refractivity (Wildman–Crippen MR) is 155 cm³/mol. The molecule has 0 bridgehead atoms. The van der Waals surface area contributed by atoms with Crippen LogP contribution in [0.5, 0.6) is 11.5 Å². The Bertz CT molecular complexity index is 1580. The van der Waals surface area contributed by atoms with Gasteiger partial charge in [0.2, 0.25) is 5.71 Å². The third-order valence-electron chi connectivity index (χ3n) is 7.78. The fraction of sp³-hybridized carbons (Fsp3) is 0.281. The lowest BCUT2D eigenvalue weighted by atomic mass is 9.83. The minimum Gasteiger partial charge on any atom is -0.497 e. The van der Waals surface area contributed by atoms with Crippen molar-refractivity contribution in [2.75, 3.05) is 19.5 Å². The fourth-order valence-electron chi connectivity index (χ4n) is 5.60. The first-order valence-corrected chi connectivity index (χ1v) is 13.6. The Kier molecular flexibility index (Phi) is 7.23. The van der Waals surface area contributed by atoms with Crippen molar-refractivity contribution in [2.24, 2.45) is 5.92 Å². The SMILES string of the molecule is COc1ccc(-c2oc3ncnc(NC4CCC(CC(=O)c5ccc[nH]5)CC4)c3c2-c2ccc(OC)cc2)cc1. The van der Waals surface area contributed by atoms with Crippen molar-refractivity contribution in [3.63, 3.8) is 0 Å². The molecule has 0 spiro atoms. The van der Waals surface area contributed by atoms with E-state index in [1.807, 2.05) is 60.7 Å². The highest BCUT2D eigenvalue weighted by Crippen LogP contribution is 2.44. The average Bonchev–Trinajstić information content (AvgIpc) is 3.68. The van der Waals surface area contributed by atoms with E-state index >= 15 is 0 Å². The second kappa shape index (κ2) is 11.3. The summed E-state index contributed by atoms with van der Waals surface area (Å²) in [4.78, 5) is 24.8. The maximum Gasteiger partial charge on any atom is 0.232 e. The first-order valence-electron chi connectivity index (χ1n) is 13.6. The fourth-order valence-corrected chi connectivity index (χ4v) is 5.60. The summed E-state index contributed by atoms with van der Waals surface area (Å²) in [6.07, 6.45) is 7.85. The van der Waals surface area contributed by atoms with Crippen molar-refractivity contribution < 1.29 is 18.7 Å². The Morgan fingerprint density at radius 1 is 0.925 bits per heavy atom. The van der Waals surface area contributed by atoms with Crippen LogP contribution in [0.2, 0.25) is 0 Å². The number of benzene rings is 2. The molecule has 8 nitrogen and oxygen atoms in total. The van der Waals surface area contributed by atoms with Crippen LogP contribution < -0.4 is 14.8 Å². The topological polar surface area (TPSA) is 102 Å². The number of carbonyl (C=O) groups is 1. The van der Waals surface area contributed by atoms with Crippen LogP contribution in [-0.4, -0.2) is 41.0 Å². The van der Waals surface area contributed by atoms with Gasteiger partial charge in [-0.1, -0.05) is 12.1 Å². The van der Waals surface area contributed by atoms with E-state index in [1.165, 1.54) is 0 Å². The smallest absolute Gasteiger partial charge is 0.232 e. The molecular formula is C32H32N4O4. The van der Waals surface area contributed by atoms with Crippen LogP contribution >= 0.6 is 0 Å². The number of aromatic amines is 1. The molecule has 5 aromatic rings. The van der Waals surface area contributed by atoms with Gasteiger partial charge in [0.15, 0.2) is 5.78 Å². The number of hydrogen-bond acceptors (Lipinski definition) is 7. The molecule has 0 unspecified atom stereocenters. The number of furan rings is 1. The molecular weight excluding hydrogens is 504 g/mol. The number of aromatic nitrogens is 3. The molecule has 1 aliphatic rings. The maximum atomic E-state index is 12.6. The highest BCUT2D eigenvalue weighted by molar-refractivity contribution is 6.06. The lowest BCUT2D eigenvalue weighted by molar-refractivity contribution is 0.0944. The van der Waals surface area contributed by atoms with Crippen LogP contribution in [0, 0.1) is 5.92 Å². The average molecular weight is 537 g/mol. The van der Waals surface area contributed by atoms with Crippen LogP contribution in [0.3, 0.4) is 0 Å². The molecule has 0 radical (unpaired) electrons. The molecule has 1 aliphatic carbocycles. The molecule has 40 heavy (non-hydrogen) atoms. The summed E-state index contributed by atoms with van der Waals surface area (Å²) in [5, 5.41) is 4.54. The molecule has 3 aromatic heterocycles. The largest absolute Gasteiger partial charge is 0.497 e. The van der Waals surface area contributed by atoms with Crippen LogP contribution in [0.4, 0.5) is 5.82 Å². The van der Waals surface area contributed by atoms with Crippen LogP contribution in [0.25, 0.3) is 33.6 Å². The summed E-state index contributed by atoms with van der Waals surface area (Å²) in [6, 6.07) is 19.7. The van der Waals surface area contributed by atoms with Gasteiger partial charge in [0.1, 0.15) is 29.4 Å². The van der Waals surface area contributed by atoms with Crippen molar-refractivity contribution >= 4 is 22.7 Å². The van der Waals surface area contributed by atoms with Crippen molar-refractivity contribution in [1.29, 1.82) is 0 Å². The Labute approximate surface area is 232 Å². The second-order valence-electron chi connectivity index (χ2n) is 10.2. The lowest BCUT2D eigenvalue weighted by Crippen LogP contribution is -2.27. The number of methoxy groups -OCH3 is 2. The zero-order valence-corrected chi connectivity index (χ0v) is 22.6. The first kappa shape index (κ1) is 25.7. The lowest BCUT2D eigenvalue weighted by Gasteiger charge is -2.29. The molecule has 8 heteroatoms. The van der Waals surface area contributed by atoms with Gasteiger partial charge in [0.05, 0.1) is 25.3 Å². The molecule has 2 aromatic carbocycles. The third kappa shape index (κ3) is 5.17. The molecule has 0 aliphatic heterocycles. The Morgan fingerprint density at radius 2 is 1.60 bits per heavy atom. The molecule has 204 valence electrons. The number of Topliss-reactive ketones (excluding diaryl/α,β-unsaturated/α-hetero) is 1. The Hall–Kier alpha value is -4.59. The number of nitrogens with one attached hydrogen (secondary N) is 2. The number of ketones is 1. The highest BCUT2D eigenvalue weighted by Gasteiger charge is 2.27. The van der Waals surface area contributed by atoms with Gasteiger partial charge < -0.3 is 24.2 Å². The molecule has 3 heterocycles. The van der Waals surface area contributed by atoms with E-state index < -0.39 is 0 Å². The number of hydrogen-bond donors (Lipinski definition) is 2. The van der Waals surface area contributed by atoms with Crippen molar-refractivity contribution in [1.82, 2.24) is 15.0 Å². The number of carbonyl (C=O) groups excluding carboxylic acids is 1. The maximum absolute atomic E-state index is 12.6. The minimum absolute atomic E-state index is 0.188. The van der Waals surface area contributed by atoms with Gasteiger partial charge in [-0.15, -0.1) is 0 Å². The standard InChI is InChI=1S/C32H32N4O4/c1-38-24-13-7-21(8-14-24)28-29-31(34-19-35-32(29)40-30(28)22-9-15-25(39-2)16-10-22)36-23-11-5-20(6-12-23)18-27(37)26-4-3-17-33-26/h3-4,7-10,13-17,19-20,23,33H,5-6,11-12,18H2,1-2H3,(H,34,35,36). The van der Waals surface area contributed by atoms with E-state index in [-0.39, 0.29) is 11.8 Å². The van der Waals surface area contributed by atoms with Crippen LogP contribution in [0.1, 0.15) is 42.6 Å². The number of rotatable bonds is 9. The first-order chi connectivity index (χ1) is 19.6. The zero-order chi connectivity index (χ0) is 27.5. The molecule has 0 saturated heterocycles. The van der Waals surface area contributed by atoms with Gasteiger partial charge >= 0.3 is 0 Å². The number of ether oxygens (including phenoxy) is 2. The summed E-state index contributed by atoms with van der Waals surface area (Å²) >= 11 is 0. The van der Waals surface area contributed by atoms with Crippen molar-refractivity contribution in [3.8, 4) is 33.9 Å². The van der Waals surface area contributed by atoms with Crippen molar-refractivity contribution in [3.05, 3.63) is 78.9 Å². The molecule has 1 saturated carbocycles. The number of fused-ring (bicyclic) bond motifs is 1. The molecule has 0 atom stereocenters. The molecule has 1 fully saturated rings. The normalized spacial score (nSPS) is 17.1. The van der Waals surface area contributed by atoms with E-state index in [9.17, 15) is 4.79 Å². The minimum atomic E-state index is 0.188. The summed E-state index contributed by atoms with van der Waals surface area (Å²) in [5.74, 6) is 3.61. The van der Waals surface area contributed by atoms with E-state index in [2.05, 4.69) is 20.3 Å². The van der Waals surface area contributed by atoms with Gasteiger partial charge in [-0.05, 0) is 85.7 Å². The van der Waals surface area contributed by atoms with Gasteiger partial charge in [-0.25, -0.2) is 9.97 Å². The summed E-state index contributed by atoms with van der Waals surface area (Å²) < 4.78 is 17.1. The third-order valence-corrected chi connectivity index (χ3v) is 7.78. The van der Waals surface area contributed by atoms with E-state index in [4.69, 9.17) is 13.9 Å². The zero-order valence-electron chi connectivity index (χ0n) is 22.6. The summed E-state index contributed by atoms with van der Waals surface area (Å²) in [6.45, 7) is 0. The van der Waals surface area contributed by atoms with Gasteiger partial charge in [0, 0.05) is 29.8 Å². The summed E-state index contributed by atoms with van der Waals surface area (Å²) in [7, 11) is 3.31. The van der Waals surface area contributed by atoms with Gasteiger partial charge in [-0.2, -0.15) is 0 Å². The van der Waals surface area contributed by atoms with Crippen molar-refractivity contribution in [2.45, 2.75) is 38.1 Å². The van der Waals surface area contributed by atoms with E-state index in [0.29, 0.717) is 23.7 Å². The molecule has 2 N–H and O–H groups in total. The van der Waals surface area contributed by atoms with Crippen LogP contribution in [0.15, 0.2) is 77.6 Å². The quantitative estimate of drug-likeness (QED) is 0.193.